The van der Waals surface area contributed by atoms with Gasteiger partial charge >= 0.3 is 12.0 Å². The zero-order chi connectivity index (χ0) is 32.5. The van der Waals surface area contributed by atoms with E-state index in [1.165, 1.54) is 19.3 Å². The Labute approximate surface area is 266 Å². The number of nitrogens with one attached hydrogen (secondary N) is 2. The number of halogens is 2. The molecule has 2 amide bonds. The molecule has 2 aromatic heterocycles. The van der Waals surface area contributed by atoms with E-state index in [0.717, 1.165) is 38.8 Å². The molecule has 2 aliphatic heterocycles. The van der Waals surface area contributed by atoms with Crippen LogP contribution in [-0.2, 0) is 4.79 Å². The summed E-state index contributed by atoms with van der Waals surface area (Å²) in [4.78, 5) is 42.6. The average Bonchev–Trinajstić information content (AvgIpc) is 3.64. The van der Waals surface area contributed by atoms with Gasteiger partial charge in [-0.15, -0.1) is 0 Å². The minimum absolute atomic E-state index is 0.00365. The Morgan fingerprint density at radius 2 is 1.89 bits per heavy atom. The number of nitrogens with zero attached hydrogens (tertiary/aromatic N) is 5. The van der Waals surface area contributed by atoms with Crippen molar-refractivity contribution in [2.24, 2.45) is 0 Å². The van der Waals surface area contributed by atoms with Crippen molar-refractivity contribution in [2.75, 3.05) is 44.7 Å². The molecule has 1 atom stereocenters. The first-order valence-electron chi connectivity index (χ1n) is 15.8. The van der Waals surface area contributed by atoms with Crippen LogP contribution in [-0.4, -0.2) is 83.1 Å². The molecule has 10 nitrogen and oxygen atoms in total. The summed E-state index contributed by atoms with van der Waals surface area (Å²) in [5.74, 6) is -0.895. The zero-order valence-electron chi connectivity index (χ0n) is 26.4. The summed E-state index contributed by atoms with van der Waals surface area (Å²) in [6.45, 7) is 6.45. The van der Waals surface area contributed by atoms with E-state index < -0.39 is 23.2 Å². The standard InChI is InChI=1S/C34H39F2N7O3/c1-4-15-42(19-33(2,20-44)41-31(45)37-3)30-24-18-38-28(23-11-5-9-22-10-6-12-25(35)26(22)23)27(36)29(24)39-32(40-30)46-21-34-13-7-16-43(34)17-8-14-34/h5-6,9-12,18,20H,4,7-8,13-17,19,21H2,1-3H3,(H2,37,41,45). The van der Waals surface area contributed by atoms with Crippen LogP contribution in [0.4, 0.5) is 19.4 Å². The normalized spacial score (nSPS) is 17.1. The van der Waals surface area contributed by atoms with Crippen LogP contribution < -0.4 is 20.3 Å². The molecule has 0 spiro atoms. The molecule has 0 saturated carbocycles. The maximum absolute atomic E-state index is 16.7. The number of fused-ring (bicyclic) bond motifs is 3. The first-order valence-corrected chi connectivity index (χ1v) is 15.8. The van der Waals surface area contributed by atoms with E-state index in [9.17, 15) is 9.59 Å². The Hall–Kier alpha value is -4.45. The fraction of sp³-hybridized carbons (Fsp3) is 0.441. The van der Waals surface area contributed by atoms with Crippen molar-refractivity contribution in [3.63, 3.8) is 0 Å². The van der Waals surface area contributed by atoms with Crippen LogP contribution in [0.5, 0.6) is 6.01 Å². The molecule has 2 N–H and O–H groups in total. The molecule has 2 saturated heterocycles. The molecule has 2 aromatic carbocycles. The number of ether oxygens (including phenoxy) is 1. The molecule has 2 aliphatic rings. The summed E-state index contributed by atoms with van der Waals surface area (Å²) in [6.07, 6.45) is 7.01. The topological polar surface area (TPSA) is 113 Å². The molecule has 46 heavy (non-hydrogen) atoms. The third kappa shape index (κ3) is 5.81. The lowest BCUT2D eigenvalue weighted by Gasteiger charge is -2.34. The van der Waals surface area contributed by atoms with Crippen molar-refractivity contribution in [1.29, 1.82) is 0 Å². The minimum atomic E-state index is -1.30. The molecule has 4 heterocycles. The fourth-order valence-corrected chi connectivity index (χ4v) is 7.02. The third-order valence-corrected chi connectivity index (χ3v) is 9.23. The number of aldehydes is 1. The van der Waals surface area contributed by atoms with Gasteiger partial charge in [0.1, 0.15) is 41.3 Å². The summed E-state index contributed by atoms with van der Waals surface area (Å²) in [5, 5.41) is 6.37. The highest BCUT2D eigenvalue weighted by Gasteiger charge is 2.45. The molecule has 0 aliphatic carbocycles. The molecule has 12 heteroatoms. The van der Waals surface area contributed by atoms with Crippen molar-refractivity contribution >= 4 is 39.8 Å². The van der Waals surface area contributed by atoms with Gasteiger partial charge in [0.25, 0.3) is 0 Å². The first kappa shape index (κ1) is 31.5. The van der Waals surface area contributed by atoms with Gasteiger partial charge in [0.05, 0.1) is 10.9 Å². The second-order valence-corrected chi connectivity index (χ2v) is 12.5. The molecule has 242 valence electrons. The largest absolute Gasteiger partial charge is 0.461 e. The number of amides is 2. The van der Waals surface area contributed by atoms with Crippen LogP contribution in [0.15, 0.2) is 42.6 Å². The van der Waals surface area contributed by atoms with Crippen molar-refractivity contribution in [3.8, 4) is 17.3 Å². The highest BCUT2D eigenvalue weighted by molar-refractivity contribution is 5.99. The molecule has 6 rings (SSSR count). The van der Waals surface area contributed by atoms with Crippen molar-refractivity contribution < 1.29 is 23.1 Å². The summed E-state index contributed by atoms with van der Waals surface area (Å²) >= 11 is 0. The summed E-state index contributed by atoms with van der Waals surface area (Å²) in [6, 6.07) is 9.34. The summed E-state index contributed by atoms with van der Waals surface area (Å²) < 4.78 is 38.1. The van der Waals surface area contributed by atoms with E-state index >= 15 is 8.78 Å². The summed E-state index contributed by atoms with van der Waals surface area (Å²) in [7, 11) is 1.47. The molecule has 1 unspecified atom stereocenters. The van der Waals surface area contributed by atoms with E-state index in [4.69, 9.17) is 9.72 Å². The van der Waals surface area contributed by atoms with Gasteiger partial charge in [0.15, 0.2) is 5.82 Å². The van der Waals surface area contributed by atoms with E-state index in [1.54, 1.807) is 37.3 Å². The minimum Gasteiger partial charge on any atom is -0.461 e. The number of anilines is 1. The van der Waals surface area contributed by atoms with E-state index in [-0.39, 0.29) is 34.7 Å². The number of urea groups is 1. The lowest BCUT2D eigenvalue weighted by atomic mass is 9.95. The second-order valence-electron chi connectivity index (χ2n) is 12.5. The molecule has 0 bridgehead atoms. The highest BCUT2D eigenvalue weighted by Crippen LogP contribution is 2.40. The van der Waals surface area contributed by atoms with Crippen LogP contribution in [0.2, 0.25) is 0 Å². The van der Waals surface area contributed by atoms with Gasteiger partial charge in [-0.2, -0.15) is 9.97 Å². The second kappa shape index (κ2) is 12.7. The quantitative estimate of drug-likeness (QED) is 0.217. The number of carbonyl (C=O) groups is 2. The van der Waals surface area contributed by atoms with Gasteiger partial charge in [-0.1, -0.05) is 37.3 Å². The van der Waals surface area contributed by atoms with Crippen molar-refractivity contribution in [1.82, 2.24) is 30.5 Å². The first-order chi connectivity index (χ1) is 22.2. The molecule has 0 radical (unpaired) electrons. The van der Waals surface area contributed by atoms with Crippen molar-refractivity contribution in [3.05, 3.63) is 54.2 Å². The fourth-order valence-electron chi connectivity index (χ4n) is 7.02. The van der Waals surface area contributed by atoms with Crippen molar-refractivity contribution in [2.45, 2.75) is 57.0 Å². The average molecular weight is 632 g/mol. The Balaban J connectivity index is 1.49. The number of pyridine rings is 1. The van der Waals surface area contributed by atoms with E-state index in [0.29, 0.717) is 48.0 Å². The van der Waals surface area contributed by atoms with Gasteiger partial charge in [-0.3, -0.25) is 9.88 Å². The number of hydrogen-bond acceptors (Lipinski definition) is 8. The maximum Gasteiger partial charge on any atom is 0.319 e. The Kier molecular flexibility index (Phi) is 8.73. The van der Waals surface area contributed by atoms with Crippen LogP contribution in [0, 0.1) is 11.6 Å². The molecular weight excluding hydrogens is 592 g/mol. The number of carbonyl (C=O) groups excluding carboxylic acids is 2. The maximum atomic E-state index is 16.7. The predicted octanol–water partition coefficient (Wildman–Crippen LogP) is 5.23. The van der Waals surface area contributed by atoms with Crippen LogP contribution >= 0.6 is 0 Å². The van der Waals surface area contributed by atoms with E-state index in [2.05, 4.69) is 25.5 Å². The predicted molar refractivity (Wildman–Crippen MR) is 173 cm³/mol. The number of aromatic nitrogens is 3. The van der Waals surface area contributed by atoms with Crippen LogP contribution in [0.25, 0.3) is 32.9 Å². The lowest BCUT2D eigenvalue weighted by molar-refractivity contribution is -0.112. The van der Waals surface area contributed by atoms with Gasteiger partial charge in [-0.05, 0) is 63.6 Å². The number of benzene rings is 2. The molecular formula is C34H39F2N7O3. The monoisotopic (exact) mass is 631 g/mol. The SMILES string of the molecule is CCCN(CC(C)(C=O)NC(=O)NC)c1nc(OCC23CCCN2CCC3)nc2c(F)c(-c3cccc4cccc(F)c34)ncc12. The molecule has 2 fully saturated rings. The van der Waals surface area contributed by atoms with Gasteiger partial charge in [0, 0.05) is 37.3 Å². The van der Waals surface area contributed by atoms with Gasteiger partial charge in [0.2, 0.25) is 0 Å². The lowest BCUT2D eigenvalue weighted by Crippen LogP contribution is -2.57. The number of rotatable bonds is 11. The zero-order valence-corrected chi connectivity index (χ0v) is 26.4. The molecule has 4 aromatic rings. The number of hydrogen-bond donors (Lipinski definition) is 2. The van der Waals surface area contributed by atoms with Crippen LogP contribution in [0.3, 0.4) is 0 Å². The van der Waals surface area contributed by atoms with Gasteiger partial charge in [-0.25, -0.2) is 13.6 Å². The smallest absolute Gasteiger partial charge is 0.319 e. The Morgan fingerprint density at radius 3 is 2.59 bits per heavy atom. The Bertz CT molecular complexity index is 1770. The third-order valence-electron chi connectivity index (χ3n) is 9.23. The van der Waals surface area contributed by atoms with E-state index in [1.807, 2.05) is 11.8 Å². The highest BCUT2D eigenvalue weighted by atomic mass is 19.1. The van der Waals surface area contributed by atoms with Gasteiger partial charge < -0.3 is 25.1 Å². The van der Waals surface area contributed by atoms with Crippen LogP contribution in [0.1, 0.15) is 46.0 Å². The summed E-state index contributed by atoms with van der Waals surface area (Å²) in [5.41, 5.74) is -1.17. The Morgan fingerprint density at radius 1 is 1.15 bits per heavy atom.